The van der Waals surface area contributed by atoms with Crippen molar-refractivity contribution in [2.24, 2.45) is 11.5 Å². The van der Waals surface area contributed by atoms with Crippen molar-refractivity contribution in [2.45, 2.75) is 122 Å². The summed E-state index contributed by atoms with van der Waals surface area (Å²) in [6.07, 6.45) is 24.8. The second-order valence-electron chi connectivity index (χ2n) is 8.16. The van der Waals surface area contributed by atoms with Crippen LogP contribution in [0.5, 0.6) is 0 Å². The largest absolute Gasteiger partial charge is 0.356 e. The van der Waals surface area contributed by atoms with Gasteiger partial charge in [0.25, 0.3) is 0 Å². The Kier molecular flexibility index (Phi) is 21.7. The number of carbonyl (C=O) groups excluding carboxylic acids is 1. The van der Waals surface area contributed by atoms with Crippen LogP contribution in [0.4, 0.5) is 0 Å². The zero-order valence-electron chi connectivity index (χ0n) is 18.7. The first-order valence-corrected chi connectivity index (χ1v) is 12.1. The van der Waals surface area contributed by atoms with Gasteiger partial charge in [-0.2, -0.15) is 0 Å². The Morgan fingerprint density at radius 1 is 0.821 bits per heavy atom. The third-order valence-electron chi connectivity index (χ3n) is 5.28. The second-order valence-corrected chi connectivity index (χ2v) is 8.16. The quantitative estimate of drug-likeness (QED) is 0.175. The number of carbonyl (C=O) groups is 1. The standard InChI is InChI=1S/C24H49N3O/c1-2-3-4-5-6-7-8-9-10-11-12-13-14-15-16-19-24(28)27-22-17-18-23(26)20-21-25/h9-10,23H,2-8,11-22,25-26H2,1H3,(H,27,28)/b10-9-. The fourth-order valence-electron chi connectivity index (χ4n) is 3.40. The number of allylic oxidation sites excluding steroid dienone is 2. The molecule has 0 radical (unpaired) electrons. The molecule has 0 aliphatic heterocycles. The summed E-state index contributed by atoms with van der Waals surface area (Å²) in [4.78, 5) is 11.8. The zero-order chi connectivity index (χ0) is 20.7. The maximum atomic E-state index is 11.8. The van der Waals surface area contributed by atoms with E-state index in [1.807, 2.05) is 0 Å². The topological polar surface area (TPSA) is 81.1 Å². The minimum Gasteiger partial charge on any atom is -0.356 e. The van der Waals surface area contributed by atoms with Crippen molar-refractivity contribution in [3.63, 3.8) is 0 Å². The van der Waals surface area contributed by atoms with Crippen LogP contribution in [0.3, 0.4) is 0 Å². The van der Waals surface area contributed by atoms with E-state index in [-0.39, 0.29) is 11.9 Å². The Labute approximate surface area is 175 Å². The predicted molar refractivity (Wildman–Crippen MR) is 123 cm³/mol. The highest BCUT2D eigenvalue weighted by Crippen LogP contribution is 2.10. The molecule has 0 fully saturated rings. The zero-order valence-corrected chi connectivity index (χ0v) is 18.7. The van der Waals surface area contributed by atoms with Gasteiger partial charge in [0.2, 0.25) is 5.91 Å². The van der Waals surface area contributed by atoms with Crippen LogP contribution in [0.2, 0.25) is 0 Å². The van der Waals surface area contributed by atoms with E-state index in [0.29, 0.717) is 13.0 Å². The Hall–Kier alpha value is -0.870. The highest BCUT2D eigenvalue weighted by molar-refractivity contribution is 5.75. The van der Waals surface area contributed by atoms with Gasteiger partial charge in [0.05, 0.1) is 0 Å². The van der Waals surface area contributed by atoms with Gasteiger partial charge in [-0.3, -0.25) is 4.79 Å². The molecule has 0 spiro atoms. The summed E-state index contributed by atoms with van der Waals surface area (Å²) in [7, 11) is 0. The third-order valence-corrected chi connectivity index (χ3v) is 5.28. The van der Waals surface area contributed by atoms with Gasteiger partial charge in [0, 0.05) is 19.0 Å². The maximum Gasteiger partial charge on any atom is 0.219 e. The molecule has 0 aromatic heterocycles. The number of nitrogens with one attached hydrogen (secondary N) is 1. The fraction of sp³-hybridized carbons (Fsp3) is 0.875. The van der Waals surface area contributed by atoms with Crippen LogP contribution in [0, 0.1) is 0 Å². The van der Waals surface area contributed by atoms with Gasteiger partial charge in [-0.1, -0.05) is 70.4 Å². The van der Waals surface area contributed by atoms with Gasteiger partial charge in [-0.05, 0) is 57.9 Å². The average Bonchev–Trinajstić information content (AvgIpc) is 2.68. The van der Waals surface area contributed by atoms with Crippen LogP contribution in [0.25, 0.3) is 0 Å². The summed E-state index contributed by atoms with van der Waals surface area (Å²) in [5.74, 6) is 0.185. The van der Waals surface area contributed by atoms with Crippen molar-refractivity contribution in [1.82, 2.24) is 5.32 Å². The molecule has 1 unspecified atom stereocenters. The van der Waals surface area contributed by atoms with Crippen molar-refractivity contribution in [2.75, 3.05) is 13.1 Å². The van der Waals surface area contributed by atoms with Gasteiger partial charge in [-0.25, -0.2) is 0 Å². The first kappa shape index (κ1) is 27.1. The Balaban J connectivity index is 3.25. The van der Waals surface area contributed by atoms with Crippen LogP contribution in [0.1, 0.15) is 116 Å². The summed E-state index contributed by atoms with van der Waals surface area (Å²) in [5, 5.41) is 2.99. The predicted octanol–water partition coefficient (Wildman–Crippen LogP) is 5.60. The molecule has 0 aromatic rings. The lowest BCUT2D eigenvalue weighted by molar-refractivity contribution is -0.121. The number of hydrogen-bond donors (Lipinski definition) is 3. The molecular weight excluding hydrogens is 346 g/mol. The fourth-order valence-corrected chi connectivity index (χ4v) is 3.40. The van der Waals surface area contributed by atoms with E-state index < -0.39 is 0 Å². The first-order valence-electron chi connectivity index (χ1n) is 12.1. The molecule has 0 aliphatic rings. The Morgan fingerprint density at radius 2 is 1.39 bits per heavy atom. The second kappa shape index (κ2) is 22.4. The highest BCUT2D eigenvalue weighted by Gasteiger charge is 2.03. The molecule has 0 heterocycles. The normalized spacial score (nSPS) is 12.5. The Morgan fingerprint density at radius 3 is 2.00 bits per heavy atom. The van der Waals surface area contributed by atoms with E-state index in [9.17, 15) is 4.79 Å². The summed E-state index contributed by atoms with van der Waals surface area (Å²) >= 11 is 0. The van der Waals surface area contributed by atoms with Crippen molar-refractivity contribution in [3.8, 4) is 0 Å². The average molecular weight is 396 g/mol. The number of hydrogen-bond acceptors (Lipinski definition) is 3. The molecule has 1 amide bonds. The molecule has 1 atom stereocenters. The van der Waals surface area contributed by atoms with Crippen LogP contribution < -0.4 is 16.8 Å². The monoisotopic (exact) mass is 395 g/mol. The van der Waals surface area contributed by atoms with E-state index in [1.165, 1.54) is 70.6 Å². The van der Waals surface area contributed by atoms with Crippen LogP contribution in [0.15, 0.2) is 12.2 Å². The number of amides is 1. The van der Waals surface area contributed by atoms with Gasteiger partial charge in [-0.15, -0.1) is 0 Å². The van der Waals surface area contributed by atoms with E-state index >= 15 is 0 Å². The minimum absolute atomic E-state index is 0.173. The summed E-state index contributed by atoms with van der Waals surface area (Å²) in [6.45, 7) is 3.65. The molecule has 0 bridgehead atoms. The van der Waals surface area contributed by atoms with Gasteiger partial charge >= 0.3 is 0 Å². The third kappa shape index (κ3) is 21.4. The summed E-state index contributed by atoms with van der Waals surface area (Å²) < 4.78 is 0. The van der Waals surface area contributed by atoms with Crippen molar-refractivity contribution >= 4 is 5.91 Å². The molecule has 28 heavy (non-hydrogen) atoms. The summed E-state index contributed by atoms with van der Waals surface area (Å²) in [5.41, 5.74) is 11.4. The molecule has 0 aliphatic carbocycles. The van der Waals surface area contributed by atoms with E-state index in [0.717, 1.165) is 38.6 Å². The highest BCUT2D eigenvalue weighted by atomic mass is 16.1. The molecule has 5 N–H and O–H groups in total. The molecule has 166 valence electrons. The molecule has 4 heteroatoms. The smallest absolute Gasteiger partial charge is 0.219 e. The van der Waals surface area contributed by atoms with Crippen LogP contribution in [-0.2, 0) is 4.79 Å². The van der Waals surface area contributed by atoms with Crippen molar-refractivity contribution in [3.05, 3.63) is 12.2 Å². The van der Waals surface area contributed by atoms with Crippen molar-refractivity contribution < 1.29 is 4.79 Å². The van der Waals surface area contributed by atoms with E-state index in [1.54, 1.807) is 0 Å². The van der Waals surface area contributed by atoms with Gasteiger partial charge in [0.1, 0.15) is 0 Å². The Bertz CT molecular complexity index is 358. The first-order chi connectivity index (χ1) is 13.7. The molecule has 4 nitrogen and oxygen atoms in total. The number of rotatable bonds is 21. The lowest BCUT2D eigenvalue weighted by Gasteiger charge is -2.10. The minimum atomic E-state index is 0.173. The lowest BCUT2D eigenvalue weighted by Crippen LogP contribution is -2.28. The van der Waals surface area contributed by atoms with Crippen LogP contribution in [-0.4, -0.2) is 25.0 Å². The number of nitrogens with two attached hydrogens (primary N) is 2. The van der Waals surface area contributed by atoms with Crippen molar-refractivity contribution in [1.29, 1.82) is 0 Å². The molecular formula is C24H49N3O. The molecule has 0 rings (SSSR count). The van der Waals surface area contributed by atoms with Crippen LogP contribution >= 0.6 is 0 Å². The summed E-state index contributed by atoms with van der Waals surface area (Å²) in [6, 6.07) is 0.173. The van der Waals surface area contributed by atoms with E-state index in [2.05, 4.69) is 24.4 Å². The lowest BCUT2D eigenvalue weighted by atomic mass is 10.1. The molecule has 0 saturated heterocycles. The SMILES string of the molecule is CCCCCCCC/C=C\CCCCCCCC(=O)NCCCC(N)CCN. The van der Waals surface area contributed by atoms with E-state index in [4.69, 9.17) is 11.5 Å². The molecule has 0 aromatic carbocycles. The number of unbranched alkanes of at least 4 members (excludes halogenated alkanes) is 11. The van der Waals surface area contributed by atoms with Gasteiger partial charge < -0.3 is 16.8 Å². The van der Waals surface area contributed by atoms with Gasteiger partial charge in [0.15, 0.2) is 0 Å². The maximum absolute atomic E-state index is 11.8. The molecule has 0 saturated carbocycles.